The van der Waals surface area contributed by atoms with E-state index in [1.807, 2.05) is 0 Å². The molecule has 26 N–H and O–H groups in total. The Labute approximate surface area is 842 Å². The molecule has 6 fully saturated rings. The number of carboxylic acid groups (broad SMARTS) is 3. The topological polar surface area (TPSA) is 741 Å². The van der Waals surface area contributed by atoms with Gasteiger partial charge in [0.15, 0.2) is 18.9 Å². The molecule has 6 aliphatic rings. The van der Waals surface area contributed by atoms with Gasteiger partial charge in [0.2, 0.25) is 23.6 Å². The highest BCUT2D eigenvalue weighted by Crippen LogP contribution is 2.45. The summed E-state index contributed by atoms with van der Waals surface area (Å²) < 4.78 is 72.1. The number of aliphatic hydroxyl groups excluding tert-OH is 19. The highest BCUT2D eigenvalue weighted by Gasteiger charge is 2.65. The van der Waals surface area contributed by atoms with Crippen LogP contribution in [-0.4, -0.2) is 413 Å². The van der Waals surface area contributed by atoms with Crippen LogP contribution < -0.4 is 21.3 Å². The highest BCUT2D eigenvalue weighted by atomic mass is 16.8. The van der Waals surface area contributed by atoms with Crippen LogP contribution in [0.4, 0.5) is 0 Å². The van der Waals surface area contributed by atoms with Crippen molar-refractivity contribution < 1.29 is 208 Å². The molecule has 0 spiro atoms. The number of amides is 4. The van der Waals surface area contributed by atoms with Gasteiger partial charge in [0.1, 0.15) is 122 Å². The molecule has 0 aromatic carbocycles. The molecule has 0 aromatic heterocycles. The van der Waals surface area contributed by atoms with E-state index in [1.165, 1.54) is 154 Å². The molecule has 0 radical (unpaired) electrons. The number of unbranched alkanes of at least 4 members (excludes halogenated alkanes) is 33. The number of Topliss-reactive ketones (excluding diaryl/α,β-unsaturated/α-hetero) is 1. The van der Waals surface area contributed by atoms with Gasteiger partial charge in [0, 0.05) is 58.8 Å². The lowest BCUT2D eigenvalue weighted by Crippen LogP contribution is -2.72. The van der Waals surface area contributed by atoms with Crippen molar-refractivity contribution in [2.75, 3.05) is 46.2 Å². The summed E-state index contributed by atoms with van der Waals surface area (Å²) in [6, 6.07) is -7.29. The summed E-state index contributed by atoms with van der Waals surface area (Å²) in [4.78, 5) is 107. The number of carbonyl (C=O) groups is 8. The Bertz CT molecular complexity index is 3720. The molecule has 6 saturated heterocycles. The molecular formula is C98H172N4O42. The Balaban J connectivity index is 1.26. The van der Waals surface area contributed by atoms with E-state index in [0.717, 1.165) is 91.9 Å². The van der Waals surface area contributed by atoms with E-state index in [1.54, 1.807) is 6.08 Å². The molecule has 0 aliphatic carbocycles. The highest BCUT2D eigenvalue weighted by molar-refractivity contribution is 5.79. The standard InChI is InChI=1S/C98H172N4O42/c1-7-9-11-13-15-17-19-21-22-23-24-25-26-27-28-29-30-32-34-36-38-40-42-44-72(118)102-61(62(113)43-41-39-37-35-33-31-20-18-16-14-12-10-8-2)55-133-91-82(125)81(124)84(70(53-107)135-91)137-92-83(126)89(85(71(54-108)136-92)138-90-60(45-56(3)109)76(119)78(121)67(50-104)134-90)144-98(95(131)132)48-65(116)75(101-59(6)112)88(143-98)80(123)69(52-106)140-97(94(129)130)47-64(115)74(100-58(5)111)87(142-97)79(122)68(51-105)139-96(93(127)128)46-63(114)73(99-57(4)110)86(141-96)77(120)66(117)49-103/h41,43,60-71,73-92,103-108,113-117,119-126H,7-40,42,44-55H2,1-6H3,(H,99,110)(H,100,111)(H,101,112)(H,102,118)(H,127,128)(H,129,130)(H,131,132)/t60-,61+,62-,63+,64+,65+,66-,67-,68-,69-,70-,71-,73-,74-,75-,76-,77-,78+,79-,80-,81-,82-,83-,84-,85+,86?,87?,88?,89-,90+,91-,92+,96-,97-,98+/m1/s1. The van der Waals surface area contributed by atoms with Crippen molar-refractivity contribution in [2.45, 2.75) is 505 Å². The van der Waals surface area contributed by atoms with Crippen LogP contribution in [0.5, 0.6) is 0 Å². The monoisotopic (exact) mass is 2080 g/mol. The number of rotatable bonds is 72. The van der Waals surface area contributed by atoms with E-state index in [2.05, 4.69) is 35.1 Å². The van der Waals surface area contributed by atoms with E-state index in [9.17, 15) is 151 Å². The van der Waals surface area contributed by atoms with Crippen LogP contribution in [0.3, 0.4) is 0 Å². The number of nitrogens with one attached hydrogen (secondary N) is 4. The fraction of sp³-hybridized carbons (Fsp3) is 0.898. The van der Waals surface area contributed by atoms with E-state index in [4.69, 9.17) is 56.8 Å². The van der Waals surface area contributed by atoms with Crippen molar-refractivity contribution in [3.63, 3.8) is 0 Å². The zero-order valence-corrected chi connectivity index (χ0v) is 84.4. The fourth-order valence-electron chi connectivity index (χ4n) is 19.7. The summed E-state index contributed by atoms with van der Waals surface area (Å²) in [5.74, 6) is -23.6. The van der Waals surface area contributed by atoms with Crippen molar-refractivity contribution in [2.24, 2.45) is 5.92 Å². The summed E-state index contributed by atoms with van der Waals surface area (Å²) in [7, 11) is 0. The Morgan fingerprint density at radius 1 is 0.396 bits per heavy atom. The number of aliphatic hydroxyl groups is 19. The molecule has 46 heteroatoms. The van der Waals surface area contributed by atoms with Crippen molar-refractivity contribution in [1.29, 1.82) is 0 Å². The number of aliphatic carboxylic acids is 3. The Hall–Kier alpha value is -5.54. The van der Waals surface area contributed by atoms with Crippen molar-refractivity contribution in [3.8, 4) is 0 Å². The Kier molecular flexibility index (Phi) is 58.0. The molecule has 3 unspecified atom stereocenters. The van der Waals surface area contributed by atoms with Crippen LogP contribution in [0.15, 0.2) is 12.2 Å². The molecule has 144 heavy (non-hydrogen) atoms. The average Bonchev–Trinajstić information content (AvgIpc) is 0.735. The second kappa shape index (κ2) is 65.6. The van der Waals surface area contributed by atoms with Gasteiger partial charge in [0.05, 0.1) is 101 Å². The first-order valence-corrected chi connectivity index (χ1v) is 52.1. The molecular weight excluding hydrogens is 1910 g/mol. The van der Waals surface area contributed by atoms with E-state index in [-0.39, 0.29) is 6.42 Å². The molecule has 35 atom stereocenters. The van der Waals surface area contributed by atoms with Crippen LogP contribution in [0.25, 0.3) is 0 Å². The molecule has 4 amide bonds. The van der Waals surface area contributed by atoms with Crippen LogP contribution in [0, 0.1) is 5.92 Å². The number of hydrogen-bond acceptors (Lipinski definition) is 39. The first-order chi connectivity index (χ1) is 68.6. The minimum Gasteiger partial charge on any atom is -0.477 e. The minimum absolute atomic E-state index is 0.0838. The molecule has 0 aromatic rings. The van der Waals surface area contributed by atoms with Gasteiger partial charge in [-0.05, 0) is 26.2 Å². The molecule has 46 nitrogen and oxygen atoms in total. The maximum Gasteiger partial charge on any atom is 0.364 e. The van der Waals surface area contributed by atoms with Gasteiger partial charge < -0.3 is 195 Å². The fourth-order valence-corrected chi connectivity index (χ4v) is 19.7. The smallest absolute Gasteiger partial charge is 0.364 e. The average molecular weight is 2080 g/mol. The molecule has 0 bridgehead atoms. The molecule has 6 heterocycles. The van der Waals surface area contributed by atoms with Crippen molar-refractivity contribution >= 4 is 47.3 Å². The number of hydrogen-bond donors (Lipinski definition) is 26. The maximum absolute atomic E-state index is 14.5. The Morgan fingerprint density at radius 3 is 1.14 bits per heavy atom. The summed E-state index contributed by atoms with van der Waals surface area (Å²) in [6.07, 6.45) is -23.1. The first-order valence-electron chi connectivity index (χ1n) is 52.1. The van der Waals surface area contributed by atoms with Crippen molar-refractivity contribution in [3.05, 3.63) is 12.2 Å². The minimum atomic E-state index is -3.71. The van der Waals surface area contributed by atoms with E-state index < -0.39 is 332 Å². The number of ether oxygens (including phenoxy) is 12. The number of carboxylic acids is 3. The largest absolute Gasteiger partial charge is 0.477 e. The van der Waals surface area contributed by atoms with Crippen LogP contribution >= 0.6 is 0 Å². The van der Waals surface area contributed by atoms with Gasteiger partial charge in [-0.2, -0.15) is 0 Å². The molecule has 836 valence electrons. The van der Waals surface area contributed by atoms with Gasteiger partial charge >= 0.3 is 17.9 Å². The molecule has 6 rings (SSSR count). The molecule has 0 saturated carbocycles. The lowest BCUT2D eigenvalue weighted by atomic mass is 9.86. The van der Waals surface area contributed by atoms with Gasteiger partial charge in [-0.15, -0.1) is 0 Å². The van der Waals surface area contributed by atoms with Crippen molar-refractivity contribution in [1.82, 2.24) is 21.3 Å². The third-order valence-corrected chi connectivity index (χ3v) is 27.8. The van der Waals surface area contributed by atoms with Gasteiger partial charge in [-0.25, -0.2) is 14.4 Å². The normalized spacial score (nSPS) is 32.8. The number of ketones is 1. The predicted octanol–water partition coefficient (Wildman–Crippen LogP) is -0.308. The zero-order chi connectivity index (χ0) is 107. The zero-order valence-electron chi connectivity index (χ0n) is 84.4. The lowest BCUT2D eigenvalue weighted by Gasteiger charge is -2.53. The van der Waals surface area contributed by atoms with Gasteiger partial charge in [0.25, 0.3) is 17.4 Å². The summed E-state index contributed by atoms with van der Waals surface area (Å²) in [5.41, 5.74) is 0. The van der Waals surface area contributed by atoms with E-state index in [0.29, 0.717) is 12.8 Å². The first kappa shape index (κ1) is 127. The third kappa shape index (κ3) is 38.7. The van der Waals surface area contributed by atoms with Gasteiger partial charge in [-0.1, -0.05) is 231 Å². The van der Waals surface area contributed by atoms with Crippen LogP contribution in [-0.2, 0) is 95.2 Å². The second-order valence-corrected chi connectivity index (χ2v) is 39.6. The molecule has 6 aliphatic heterocycles. The van der Waals surface area contributed by atoms with Crippen LogP contribution in [0.2, 0.25) is 0 Å². The summed E-state index contributed by atoms with van der Waals surface area (Å²) >= 11 is 0. The summed E-state index contributed by atoms with van der Waals surface area (Å²) in [6.45, 7) is -0.547. The number of carbonyl (C=O) groups excluding carboxylic acids is 5. The third-order valence-electron chi connectivity index (χ3n) is 27.8. The second-order valence-electron chi connectivity index (χ2n) is 39.6. The Morgan fingerprint density at radius 2 is 0.757 bits per heavy atom. The lowest BCUT2D eigenvalue weighted by molar-refractivity contribution is -0.404. The van der Waals surface area contributed by atoms with Crippen LogP contribution in [0.1, 0.15) is 298 Å². The maximum atomic E-state index is 14.5. The quantitative estimate of drug-likeness (QED) is 0.0274. The number of allylic oxidation sites excluding steroid dienone is 1. The SMILES string of the molecule is CCCCCCCCCCCCCC=C[C@@H](O)[C@H](CO[C@@H]1O[C@H](CO)[C@@H](O[C@@H]2O[C@H](CO)[C@H](O[C@@H]3O[C@H](CO)[C@H](O)[C@H](O)[C@H]3CC(C)=O)[C@H](O[C@]3(C(=O)O)C[C@H](O)[C@@H](NC(C)=O)C([C@H](O)[C@@H](CO)O[C@]4(C(=O)O)C[C@H](O)[C@@H](NC(C)=O)C([C@H](O)[C@@H](CO)O[C@]5(C(=O)O)C[C@H](O)[C@@H](NC(C)=O)C([C@H](O)[C@H](O)CO)O5)O4)O3)[C@H]2O)[C@H](O)[C@H]1O)NC(=O)CCCCCCCCCCCCCCCCCCCCCCCCC. The summed E-state index contributed by atoms with van der Waals surface area (Å²) in [5, 5.41) is 262. The van der Waals surface area contributed by atoms with Gasteiger partial charge in [-0.3, -0.25) is 19.2 Å². The predicted molar refractivity (Wildman–Crippen MR) is 507 cm³/mol. The van der Waals surface area contributed by atoms with E-state index >= 15 is 0 Å².